The zero-order valence-electron chi connectivity index (χ0n) is 14.2. The normalized spacial score (nSPS) is 44.5. The van der Waals surface area contributed by atoms with Gasteiger partial charge in [0.25, 0.3) is 0 Å². The van der Waals surface area contributed by atoms with Gasteiger partial charge in [-0.1, -0.05) is 6.07 Å². The fourth-order valence-electron chi connectivity index (χ4n) is 0.827. The molecular formula is C9H13N3. The standard InChI is InChI=1S/C9H13N3/c1-2-4-11-9(3-1)12-7-5-10-6-8-12/h1-4,10H,5-8H2/i5D2,6D2,7D2,8D2. The third kappa shape index (κ3) is 1.56. The van der Waals surface area contributed by atoms with E-state index in [1.165, 1.54) is 18.3 Å². The van der Waals surface area contributed by atoms with E-state index in [1.807, 2.05) is 0 Å². The van der Waals surface area contributed by atoms with E-state index >= 15 is 0 Å². The predicted octanol–water partition coefficient (Wildman–Crippen LogP) is 0.491. The second-order valence-electron chi connectivity index (χ2n) is 2.12. The summed E-state index contributed by atoms with van der Waals surface area (Å²) in [5, 5.41) is 1.76. The minimum absolute atomic E-state index is 0.184. The van der Waals surface area contributed by atoms with E-state index in [1.54, 1.807) is 11.4 Å². The number of aromatic nitrogens is 1. The van der Waals surface area contributed by atoms with Crippen molar-refractivity contribution in [3.05, 3.63) is 24.4 Å². The third-order valence-corrected chi connectivity index (χ3v) is 1.34. The lowest BCUT2D eigenvalue weighted by atomic mass is 10.3. The van der Waals surface area contributed by atoms with Crippen LogP contribution >= 0.6 is 0 Å². The molecule has 0 amide bonds. The van der Waals surface area contributed by atoms with Crippen molar-refractivity contribution in [3.8, 4) is 0 Å². The Kier molecular flexibility index (Phi) is 0.797. The van der Waals surface area contributed by atoms with E-state index < -0.39 is 26.0 Å². The van der Waals surface area contributed by atoms with Crippen LogP contribution in [0.1, 0.15) is 11.0 Å². The molecule has 1 aromatic heterocycles. The van der Waals surface area contributed by atoms with E-state index in [-0.39, 0.29) is 5.82 Å². The first kappa shape index (κ1) is 2.70. The summed E-state index contributed by atoms with van der Waals surface area (Å²) in [5.74, 6) is -0.184. The Labute approximate surface area is 83.7 Å². The van der Waals surface area contributed by atoms with Crippen LogP contribution in [0.2, 0.25) is 0 Å². The summed E-state index contributed by atoms with van der Waals surface area (Å²) in [7, 11) is 0. The molecule has 1 aliphatic heterocycles. The molecule has 2 heterocycles. The summed E-state index contributed by atoms with van der Waals surface area (Å²) in [6.07, 6.45) is 1.30. The molecule has 1 saturated heterocycles. The molecule has 0 spiro atoms. The van der Waals surface area contributed by atoms with Gasteiger partial charge in [-0.25, -0.2) is 4.98 Å². The lowest BCUT2D eigenvalue weighted by Crippen LogP contribution is -2.43. The molecule has 1 aliphatic rings. The van der Waals surface area contributed by atoms with Crippen LogP contribution in [0.4, 0.5) is 5.82 Å². The molecule has 12 heavy (non-hydrogen) atoms. The molecule has 1 aromatic rings. The Morgan fingerprint density at radius 3 is 2.92 bits per heavy atom. The molecule has 0 atom stereocenters. The fraction of sp³-hybridized carbons (Fsp3) is 0.444. The summed E-state index contributed by atoms with van der Waals surface area (Å²) in [6, 6.07) is 4.33. The van der Waals surface area contributed by atoms with E-state index in [2.05, 4.69) is 4.98 Å². The van der Waals surface area contributed by atoms with Gasteiger partial charge in [0.2, 0.25) is 0 Å². The maximum absolute atomic E-state index is 7.86. The second-order valence-corrected chi connectivity index (χ2v) is 2.12. The number of piperazine rings is 1. The van der Waals surface area contributed by atoms with Crippen LogP contribution in [0, 0.1) is 0 Å². The average molecular weight is 171 g/mol. The Balaban J connectivity index is 2.65. The van der Waals surface area contributed by atoms with Crippen LogP contribution in [0.25, 0.3) is 0 Å². The van der Waals surface area contributed by atoms with Crippen molar-refractivity contribution >= 4 is 5.82 Å². The van der Waals surface area contributed by atoms with Gasteiger partial charge < -0.3 is 10.2 Å². The Bertz CT molecular complexity index is 477. The maximum Gasteiger partial charge on any atom is 0.128 e. The first-order valence-corrected chi connectivity index (χ1v) is 3.44. The quantitative estimate of drug-likeness (QED) is 0.666. The van der Waals surface area contributed by atoms with Crippen molar-refractivity contribution in [2.75, 3.05) is 30.9 Å². The van der Waals surface area contributed by atoms with Crippen LogP contribution in [0.5, 0.6) is 0 Å². The lowest BCUT2D eigenvalue weighted by molar-refractivity contribution is 0.585. The summed E-state index contributed by atoms with van der Waals surface area (Å²) in [4.78, 5) is 4.21. The molecule has 0 unspecified atom stereocenters. The van der Waals surface area contributed by atoms with Crippen molar-refractivity contribution < 1.29 is 11.0 Å². The second kappa shape index (κ2) is 3.54. The molecule has 3 nitrogen and oxygen atoms in total. The average Bonchev–Trinajstić information content (AvgIpc) is 2.26. The molecular weight excluding hydrogens is 150 g/mol. The molecule has 3 heteroatoms. The zero-order valence-corrected chi connectivity index (χ0v) is 6.20. The molecule has 0 aromatic carbocycles. The van der Waals surface area contributed by atoms with Gasteiger partial charge in [-0.2, -0.15) is 0 Å². The topological polar surface area (TPSA) is 28.2 Å². The zero-order chi connectivity index (χ0) is 15.4. The minimum Gasteiger partial charge on any atom is -0.354 e. The molecule has 0 bridgehead atoms. The highest BCUT2D eigenvalue weighted by Crippen LogP contribution is 2.08. The van der Waals surface area contributed by atoms with Gasteiger partial charge in [0.05, 0.1) is 5.48 Å². The Morgan fingerprint density at radius 2 is 2.25 bits per heavy atom. The first-order chi connectivity index (χ1) is 8.93. The monoisotopic (exact) mass is 171 g/mol. The highest BCUT2D eigenvalue weighted by atomic mass is 15.2. The van der Waals surface area contributed by atoms with Crippen LogP contribution in [-0.2, 0) is 0 Å². The van der Waals surface area contributed by atoms with Crippen molar-refractivity contribution in [1.29, 1.82) is 0 Å². The molecule has 0 aliphatic carbocycles. The fourth-order valence-corrected chi connectivity index (χ4v) is 0.827. The van der Waals surface area contributed by atoms with E-state index in [4.69, 9.17) is 11.0 Å². The molecule has 0 saturated carbocycles. The number of nitrogens with zero attached hydrogens (tertiary/aromatic N) is 2. The molecule has 0 radical (unpaired) electrons. The van der Waals surface area contributed by atoms with Crippen molar-refractivity contribution in [2.24, 2.45) is 0 Å². The summed E-state index contributed by atoms with van der Waals surface area (Å²) < 4.78 is 62.0. The van der Waals surface area contributed by atoms with Gasteiger partial charge in [-0.15, -0.1) is 0 Å². The number of anilines is 1. The molecule has 1 N–H and O–H groups in total. The molecule has 64 valence electrons. The van der Waals surface area contributed by atoms with Crippen LogP contribution < -0.4 is 10.2 Å². The number of nitrogens with one attached hydrogen (secondary N) is 1. The lowest BCUT2D eigenvalue weighted by Gasteiger charge is -2.28. The smallest absolute Gasteiger partial charge is 0.128 e. The molecule has 1 fully saturated rings. The van der Waals surface area contributed by atoms with E-state index in [0.717, 1.165) is 0 Å². The van der Waals surface area contributed by atoms with E-state index in [0.29, 0.717) is 4.90 Å². The van der Waals surface area contributed by atoms with Gasteiger partial charge in [-0.05, 0) is 12.1 Å². The highest BCUT2D eigenvalue weighted by Gasteiger charge is 2.09. The van der Waals surface area contributed by atoms with Crippen LogP contribution in [0.15, 0.2) is 24.4 Å². The largest absolute Gasteiger partial charge is 0.354 e. The Morgan fingerprint density at radius 1 is 1.42 bits per heavy atom. The van der Waals surface area contributed by atoms with Gasteiger partial charge in [0, 0.05) is 37.7 Å². The van der Waals surface area contributed by atoms with Gasteiger partial charge in [0.1, 0.15) is 5.82 Å². The van der Waals surface area contributed by atoms with Crippen molar-refractivity contribution in [3.63, 3.8) is 0 Å². The number of rotatable bonds is 1. The number of hydrogen-bond acceptors (Lipinski definition) is 3. The summed E-state index contributed by atoms with van der Waals surface area (Å²) in [6.45, 7) is -11.3. The third-order valence-electron chi connectivity index (χ3n) is 1.34. The van der Waals surface area contributed by atoms with Crippen LogP contribution in [-0.4, -0.2) is 31.0 Å². The van der Waals surface area contributed by atoms with Crippen molar-refractivity contribution in [2.45, 2.75) is 0 Å². The van der Waals surface area contributed by atoms with Crippen LogP contribution in [0.3, 0.4) is 0 Å². The number of hydrogen-bond donors (Lipinski definition) is 1. The van der Waals surface area contributed by atoms with Gasteiger partial charge >= 0.3 is 0 Å². The van der Waals surface area contributed by atoms with E-state index in [9.17, 15) is 0 Å². The summed E-state index contributed by atoms with van der Waals surface area (Å²) >= 11 is 0. The predicted molar refractivity (Wildman–Crippen MR) is 49.3 cm³/mol. The first-order valence-electron chi connectivity index (χ1n) is 7.44. The minimum atomic E-state index is -2.84. The summed E-state index contributed by atoms with van der Waals surface area (Å²) in [5.41, 5.74) is 0. The SMILES string of the molecule is [2H]C1([2H])NC([2H])([2H])C([2H])([2H])N(c2ccccn2)C1([2H])[2H]. The highest BCUT2D eigenvalue weighted by molar-refractivity contribution is 5.38. The maximum atomic E-state index is 7.86. The molecule has 2 rings (SSSR count). The van der Waals surface area contributed by atoms with Gasteiger partial charge in [-0.3, -0.25) is 0 Å². The van der Waals surface area contributed by atoms with Gasteiger partial charge in [0.15, 0.2) is 0 Å². The van der Waals surface area contributed by atoms with Crippen molar-refractivity contribution in [1.82, 2.24) is 10.3 Å². The Hall–Kier alpha value is -1.09. The number of pyridine rings is 1.